The Kier molecular flexibility index (Phi) is 4.33. The van der Waals surface area contributed by atoms with E-state index in [1.807, 2.05) is 26.0 Å². The quantitative estimate of drug-likeness (QED) is 0.851. The summed E-state index contributed by atoms with van der Waals surface area (Å²) in [5.41, 5.74) is 8.69. The minimum Gasteiger partial charge on any atom is -0.481 e. The number of carboxylic acids is 1. The van der Waals surface area contributed by atoms with Crippen molar-refractivity contribution in [2.24, 2.45) is 5.73 Å². The van der Waals surface area contributed by atoms with Crippen LogP contribution in [0.5, 0.6) is 0 Å². The van der Waals surface area contributed by atoms with Crippen molar-refractivity contribution in [1.82, 2.24) is 0 Å². The Hall–Kier alpha value is -1.06. The van der Waals surface area contributed by atoms with E-state index in [0.29, 0.717) is 11.6 Å². The molecule has 0 radical (unpaired) electrons. The Bertz CT molecular complexity index is 404. The molecule has 0 aromatic heterocycles. The van der Waals surface area contributed by atoms with Gasteiger partial charge in [-0.25, -0.2) is 0 Å². The highest BCUT2D eigenvalue weighted by Crippen LogP contribution is 2.28. The second-order valence-corrected chi connectivity index (χ2v) is 4.40. The number of rotatable bonds is 4. The molecule has 1 aromatic rings. The van der Waals surface area contributed by atoms with Gasteiger partial charge in [0.15, 0.2) is 0 Å². The fourth-order valence-corrected chi connectivity index (χ4v) is 2.08. The van der Waals surface area contributed by atoms with E-state index in [2.05, 4.69) is 0 Å². The molecule has 16 heavy (non-hydrogen) atoms. The molecule has 0 bridgehead atoms. The number of aryl methyl sites for hydroxylation is 1. The normalized spacial score (nSPS) is 12.5. The summed E-state index contributed by atoms with van der Waals surface area (Å²) in [6, 6.07) is 3.68. The van der Waals surface area contributed by atoms with Crippen LogP contribution < -0.4 is 5.73 Å². The Morgan fingerprint density at radius 2 is 2.12 bits per heavy atom. The van der Waals surface area contributed by atoms with Crippen molar-refractivity contribution in [3.8, 4) is 0 Å². The average molecular weight is 242 g/mol. The van der Waals surface area contributed by atoms with E-state index in [-0.39, 0.29) is 12.3 Å². The molecule has 0 fully saturated rings. The number of benzene rings is 1. The number of aliphatic carboxylic acids is 1. The van der Waals surface area contributed by atoms with Gasteiger partial charge < -0.3 is 10.8 Å². The third kappa shape index (κ3) is 2.97. The molecule has 1 rings (SSSR count). The molecule has 0 amide bonds. The first-order valence-corrected chi connectivity index (χ1v) is 5.52. The summed E-state index contributed by atoms with van der Waals surface area (Å²) >= 11 is 5.97. The summed E-state index contributed by atoms with van der Waals surface area (Å²) in [5, 5.41) is 9.44. The lowest BCUT2D eigenvalue weighted by molar-refractivity contribution is -0.137. The van der Waals surface area contributed by atoms with Crippen molar-refractivity contribution in [2.75, 3.05) is 6.54 Å². The monoisotopic (exact) mass is 241 g/mol. The molecular formula is C12H16ClNO2. The predicted octanol–water partition coefficient (Wildman–Crippen LogP) is 2.47. The van der Waals surface area contributed by atoms with E-state index in [9.17, 15) is 4.79 Å². The van der Waals surface area contributed by atoms with Crippen LogP contribution in [0.4, 0.5) is 0 Å². The molecule has 0 aliphatic carbocycles. The molecule has 0 aliphatic rings. The lowest BCUT2D eigenvalue weighted by Gasteiger charge is -2.17. The molecule has 1 aromatic carbocycles. The summed E-state index contributed by atoms with van der Waals surface area (Å²) in [6.45, 7) is 4.23. The van der Waals surface area contributed by atoms with Crippen LogP contribution in [0.3, 0.4) is 0 Å². The van der Waals surface area contributed by atoms with Crippen LogP contribution in [-0.2, 0) is 4.79 Å². The van der Waals surface area contributed by atoms with Gasteiger partial charge in [-0.05, 0) is 49.2 Å². The van der Waals surface area contributed by atoms with Crippen LogP contribution >= 0.6 is 11.6 Å². The topological polar surface area (TPSA) is 63.3 Å². The predicted molar refractivity (Wildman–Crippen MR) is 65.0 cm³/mol. The number of hydrogen-bond acceptors (Lipinski definition) is 2. The highest BCUT2D eigenvalue weighted by Gasteiger charge is 2.17. The van der Waals surface area contributed by atoms with Crippen LogP contribution in [0.1, 0.15) is 29.0 Å². The van der Waals surface area contributed by atoms with Crippen molar-refractivity contribution in [3.05, 3.63) is 33.8 Å². The van der Waals surface area contributed by atoms with Crippen LogP contribution in [0, 0.1) is 13.8 Å². The Morgan fingerprint density at radius 3 is 2.62 bits per heavy atom. The number of halogens is 1. The number of carboxylic acid groups (broad SMARTS) is 1. The third-order valence-corrected chi connectivity index (χ3v) is 3.04. The fraction of sp³-hybridized carbons (Fsp3) is 0.417. The first kappa shape index (κ1) is 13.0. The number of nitrogens with two attached hydrogens (primary N) is 1. The smallest absolute Gasteiger partial charge is 0.304 e. The largest absolute Gasteiger partial charge is 0.481 e. The molecule has 0 saturated heterocycles. The molecule has 4 heteroatoms. The highest BCUT2D eigenvalue weighted by atomic mass is 35.5. The first-order valence-electron chi connectivity index (χ1n) is 5.14. The van der Waals surface area contributed by atoms with Crippen molar-refractivity contribution in [1.29, 1.82) is 0 Å². The molecule has 1 unspecified atom stereocenters. The molecule has 3 N–H and O–H groups in total. The third-order valence-electron chi connectivity index (χ3n) is 2.82. The Balaban J connectivity index is 3.13. The lowest BCUT2D eigenvalue weighted by atomic mass is 9.90. The molecule has 3 nitrogen and oxygen atoms in total. The number of hydrogen-bond donors (Lipinski definition) is 2. The number of carbonyl (C=O) groups is 1. The van der Waals surface area contributed by atoms with Crippen LogP contribution in [-0.4, -0.2) is 17.6 Å². The van der Waals surface area contributed by atoms with Crippen molar-refractivity contribution in [2.45, 2.75) is 26.2 Å². The van der Waals surface area contributed by atoms with E-state index in [4.69, 9.17) is 22.4 Å². The minimum atomic E-state index is -0.840. The van der Waals surface area contributed by atoms with E-state index < -0.39 is 5.97 Å². The maximum atomic E-state index is 10.7. The molecule has 0 aliphatic heterocycles. The summed E-state index contributed by atoms with van der Waals surface area (Å²) in [5.74, 6) is -1.01. The molecule has 0 spiro atoms. The molecule has 1 atom stereocenters. The fourth-order valence-electron chi connectivity index (χ4n) is 1.80. The van der Waals surface area contributed by atoms with E-state index >= 15 is 0 Å². The van der Waals surface area contributed by atoms with E-state index in [1.165, 1.54) is 0 Å². The van der Waals surface area contributed by atoms with Gasteiger partial charge in [0.05, 0.1) is 6.42 Å². The highest BCUT2D eigenvalue weighted by molar-refractivity contribution is 6.30. The van der Waals surface area contributed by atoms with E-state index in [1.54, 1.807) is 0 Å². The van der Waals surface area contributed by atoms with Crippen molar-refractivity contribution in [3.63, 3.8) is 0 Å². The van der Waals surface area contributed by atoms with Gasteiger partial charge in [-0.15, -0.1) is 0 Å². The Morgan fingerprint density at radius 1 is 1.50 bits per heavy atom. The second-order valence-electron chi connectivity index (χ2n) is 3.97. The van der Waals surface area contributed by atoms with Gasteiger partial charge in [-0.3, -0.25) is 4.79 Å². The van der Waals surface area contributed by atoms with Gasteiger partial charge in [0.25, 0.3) is 0 Å². The standard InChI is InChI=1S/C12H16ClNO2/c1-7-3-10(13)5-11(8(7)2)9(6-14)4-12(15)16/h3,5,9H,4,6,14H2,1-2H3,(H,15,16). The SMILES string of the molecule is Cc1cc(Cl)cc(C(CN)CC(=O)O)c1C. The molecular weight excluding hydrogens is 226 g/mol. The maximum absolute atomic E-state index is 10.7. The Labute approximate surface area is 100 Å². The van der Waals surface area contributed by atoms with Crippen LogP contribution in [0.25, 0.3) is 0 Å². The van der Waals surface area contributed by atoms with Crippen LogP contribution in [0.15, 0.2) is 12.1 Å². The molecule has 88 valence electrons. The molecule has 0 saturated carbocycles. The van der Waals surface area contributed by atoms with Crippen LogP contribution in [0.2, 0.25) is 5.02 Å². The maximum Gasteiger partial charge on any atom is 0.304 e. The zero-order chi connectivity index (χ0) is 12.3. The second kappa shape index (κ2) is 5.32. The van der Waals surface area contributed by atoms with Gasteiger partial charge in [0.2, 0.25) is 0 Å². The summed E-state index contributed by atoms with van der Waals surface area (Å²) in [4.78, 5) is 10.7. The van der Waals surface area contributed by atoms with Crippen molar-refractivity contribution < 1.29 is 9.90 Å². The van der Waals surface area contributed by atoms with Gasteiger partial charge >= 0.3 is 5.97 Å². The average Bonchev–Trinajstić information content (AvgIpc) is 2.20. The van der Waals surface area contributed by atoms with Gasteiger partial charge in [-0.1, -0.05) is 11.6 Å². The summed E-state index contributed by atoms with van der Waals surface area (Å²) in [7, 11) is 0. The summed E-state index contributed by atoms with van der Waals surface area (Å²) < 4.78 is 0. The zero-order valence-corrected chi connectivity index (χ0v) is 10.2. The first-order chi connectivity index (χ1) is 7.45. The van der Waals surface area contributed by atoms with E-state index in [0.717, 1.165) is 16.7 Å². The zero-order valence-electron chi connectivity index (χ0n) is 9.46. The molecule has 0 heterocycles. The lowest BCUT2D eigenvalue weighted by Crippen LogP contribution is -2.17. The minimum absolute atomic E-state index is 0.0388. The van der Waals surface area contributed by atoms with Crippen molar-refractivity contribution >= 4 is 17.6 Å². The van der Waals surface area contributed by atoms with Gasteiger partial charge in [0, 0.05) is 10.9 Å². The summed E-state index contributed by atoms with van der Waals surface area (Å²) in [6.07, 6.45) is 0.0388. The van der Waals surface area contributed by atoms with Gasteiger partial charge in [-0.2, -0.15) is 0 Å². The van der Waals surface area contributed by atoms with Gasteiger partial charge in [0.1, 0.15) is 0 Å².